The maximum Gasteiger partial charge on any atom is 0.325 e. The van der Waals surface area contributed by atoms with E-state index in [1.807, 2.05) is 44.2 Å². The number of anilines is 1. The lowest BCUT2D eigenvalue weighted by atomic mass is 9.78. The molecule has 10 nitrogen and oxygen atoms in total. The van der Waals surface area contributed by atoms with Gasteiger partial charge in [-0.2, -0.15) is 9.78 Å². The summed E-state index contributed by atoms with van der Waals surface area (Å²) in [5.74, 6) is -0.191. The zero-order chi connectivity index (χ0) is 24.0. The summed E-state index contributed by atoms with van der Waals surface area (Å²) in [6.07, 6.45) is 1.61. The van der Waals surface area contributed by atoms with Gasteiger partial charge in [0, 0.05) is 23.9 Å². The number of aromatic nitrogens is 4. The van der Waals surface area contributed by atoms with Crippen molar-refractivity contribution in [1.29, 1.82) is 0 Å². The van der Waals surface area contributed by atoms with E-state index < -0.39 is 24.0 Å². The topological polar surface area (TPSA) is 122 Å². The molecule has 1 aliphatic carbocycles. The molecule has 1 spiro atoms. The van der Waals surface area contributed by atoms with Gasteiger partial charge < -0.3 is 10.6 Å². The molecule has 1 aliphatic heterocycles. The molecule has 0 radical (unpaired) electrons. The monoisotopic (exact) mass is 459 g/mol. The van der Waals surface area contributed by atoms with Crippen molar-refractivity contribution in [3.05, 3.63) is 64.6 Å². The van der Waals surface area contributed by atoms with Crippen molar-refractivity contribution in [3.8, 4) is 5.95 Å². The molecule has 1 fully saturated rings. The van der Waals surface area contributed by atoms with Gasteiger partial charge in [0.15, 0.2) is 0 Å². The number of nitrogens with zero attached hydrogens (tertiary/aromatic N) is 5. The summed E-state index contributed by atoms with van der Waals surface area (Å²) in [7, 11) is 0. The van der Waals surface area contributed by atoms with Gasteiger partial charge in [0.1, 0.15) is 17.9 Å². The number of hydrogen-bond donors (Lipinski definition) is 2. The number of benzene rings is 1. The van der Waals surface area contributed by atoms with Gasteiger partial charge in [-0.15, -0.1) is 0 Å². The van der Waals surface area contributed by atoms with Gasteiger partial charge in [-0.1, -0.05) is 24.3 Å². The van der Waals surface area contributed by atoms with Crippen LogP contribution in [0, 0.1) is 20.8 Å². The third kappa shape index (κ3) is 3.81. The third-order valence-electron chi connectivity index (χ3n) is 6.24. The lowest BCUT2D eigenvalue weighted by Gasteiger charge is -2.32. The minimum absolute atomic E-state index is 0.329. The van der Waals surface area contributed by atoms with Crippen molar-refractivity contribution in [2.24, 2.45) is 0 Å². The Hall–Kier alpha value is -4.08. The molecule has 34 heavy (non-hydrogen) atoms. The average molecular weight is 460 g/mol. The molecule has 1 unspecified atom stereocenters. The maximum atomic E-state index is 13.3. The van der Waals surface area contributed by atoms with Crippen LogP contribution in [0.25, 0.3) is 5.95 Å². The summed E-state index contributed by atoms with van der Waals surface area (Å²) < 4.78 is 1.44. The highest BCUT2D eigenvalue weighted by atomic mass is 16.2. The van der Waals surface area contributed by atoms with Gasteiger partial charge >= 0.3 is 6.03 Å². The molecule has 2 aliphatic rings. The number of amides is 4. The largest absolute Gasteiger partial charge is 0.325 e. The average Bonchev–Trinajstić information content (AvgIpc) is 3.25. The van der Waals surface area contributed by atoms with E-state index in [4.69, 9.17) is 0 Å². The summed E-state index contributed by atoms with van der Waals surface area (Å²) in [5.41, 5.74) is 3.42. The summed E-state index contributed by atoms with van der Waals surface area (Å²) in [4.78, 5) is 48.7. The molecule has 4 amide bonds. The zero-order valence-electron chi connectivity index (χ0n) is 19.3. The molecule has 174 valence electrons. The molecular weight excluding hydrogens is 434 g/mol. The van der Waals surface area contributed by atoms with Crippen LogP contribution >= 0.6 is 0 Å². The molecule has 1 aromatic carbocycles. The van der Waals surface area contributed by atoms with Crippen LogP contribution in [0.5, 0.6) is 0 Å². The van der Waals surface area contributed by atoms with Crippen LogP contribution in [0.4, 0.5) is 10.6 Å². The molecule has 2 N–H and O–H groups in total. The molecule has 10 heteroatoms. The summed E-state index contributed by atoms with van der Waals surface area (Å²) in [6, 6.07) is 10.9. The minimum Gasteiger partial charge on any atom is -0.323 e. The first kappa shape index (κ1) is 21.7. The number of imide groups is 1. The normalized spacial score (nSPS) is 19.3. The van der Waals surface area contributed by atoms with Crippen LogP contribution in [0.1, 0.15) is 34.6 Å². The van der Waals surface area contributed by atoms with Crippen molar-refractivity contribution in [1.82, 2.24) is 30.0 Å². The van der Waals surface area contributed by atoms with Gasteiger partial charge in [-0.05, 0) is 50.8 Å². The second-order valence-electron chi connectivity index (χ2n) is 8.93. The van der Waals surface area contributed by atoms with E-state index in [1.165, 1.54) is 10.2 Å². The van der Waals surface area contributed by atoms with Crippen molar-refractivity contribution >= 4 is 23.7 Å². The predicted octanol–water partition coefficient (Wildman–Crippen LogP) is 2.01. The summed E-state index contributed by atoms with van der Waals surface area (Å²) in [5, 5.41) is 9.99. The van der Waals surface area contributed by atoms with E-state index in [2.05, 4.69) is 25.7 Å². The molecule has 5 rings (SSSR count). The number of carbonyl (C=O) groups excluding carboxylic acids is 3. The van der Waals surface area contributed by atoms with E-state index in [0.717, 1.165) is 21.9 Å². The van der Waals surface area contributed by atoms with Crippen molar-refractivity contribution in [2.45, 2.75) is 45.6 Å². The Morgan fingerprint density at radius 3 is 2.50 bits per heavy atom. The molecule has 3 aromatic rings. The Morgan fingerprint density at radius 1 is 1.06 bits per heavy atom. The van der Waals surface area contributed by atoms with E-state index in [-0.39, 0.29) is 5.91 Å². The second kappa shape index (κ2) is 8.05. The van der Waals surface area contributed by atoms with Crippen LogP contribution in [0.15, 0.2) is 36.4 Å². The predicted molar refractivity (Wildman–Crippen MR) is 123 cm³/mol. The number of carbonyl (C=O) groups is 3. The highest BCUT2D eigenvalue weighted by molar-refractivity contribution is 6.10. The van der Waals surface area contributed by atoms with E-state index in [0.29, 0.717) is 36.7 Å². The third-order valence-corrected chi connectivity index (χ3v) is 6.24. The SMILES string of the molecule is Cc1cc(C)nc(-n2nc(C)cc2NC(=O)CN2C(=O)NC3(CCc4ccccc4C3)C2=O)n1. The van der Waals surface area contributed by atoms with E-state index in [1.54, 1.807) is 13.0 Å². The van der Waals surface area contributed by atoms with Gasteiger partial charge in [-0.3, -0.25) is 14.5 Å². The van der Waals surface area contributed by atoms with Crippen LogP contribution < -0.4 is 10.6 Å². The molecule has 2 aromatic heterocycles. The number of fused-ring (bicyclic) bond motifs is 1. The first-order valence-corrected chi connectivity index (χ1v) is 11.1. The van der Waals surface area contributed by atoms with E-state index in [9.17, 15) is 14.4 Å². The first-order chi connectivity index (χ1) is 16.2. The lowest BCUT2D eigenvalue weighted by molar-refractivity contribution is -0.134. The number of urea groups is 1. The standard InChI is InChI=1S/C24H25N7O3/c1-14-10-15(2)26-22(25-14)31-19(11-16(3)29-31)27-20(32)13-30-21(33)24(28-23(30)34)9-8-17-6-4-5-7-18(17)12-24/h4-7,10-11H,8-9,12-13H2,1-3H3,(H,27,32)(H,28,34). The first-order valence-electron chi connectivity index (χ1n) is 11.1. The summed E-state index contributed by atoms with van der Waals surface area (Å²) in [6.45, 7) is 5.09. The van der Waals surface area contributed by atoms with Gasteiger partial charge in [0.05, 0.1) is 5.69 Å². The molecular formula is C24H25N7O3. The van der Waals surface area contributed by atoms with Gasteiger partial charge in [-0.25, -0.2) is 14.8 Å². The van der Waals surface area contributed by atoms with Crippen molar-refractivity contribution < 1.29 is 14.4 Å². The van der Waals surface area contributed by atoms with Crippen LogP contribution in [-0.2, 0) is 22.4 Å². The summed E-state index contributed by atoms with van der Waals surface area (Å²) >= 11 is 0. The minimum atomic E-state index is -1.00. The van der Waals surface area contributed by atoms with Gasteiger partial charge in [0.25, 0.3) is 11.9 Å². The lowest BCUT2D eigenvalue weighted by Crippen LogP contribution is -2.51. The quantitative estimate of drug-likeness (QED) is 0.576. The van der Waals surface area contributed by atoms with E-state index >= 15 is 0 Å². The smallest absolute Gasteiger partial charge is 0.323 e. The Kier molecular flexibility index (Phi) is 5.15. The number of aryl methyl sites for hydroxylation is 4. The molecule has 0 bridgehead atoms. The van der Waals surface area contributed by atoms with Crippen LogP contribution in [-0.4, -0.2) is 54.6 Å². The zero-order valence-corrected chi connectivity index (χ0v) is 19.3. The van der Waals surface area contributed by atoms with Crippen LogP contribution in [0.2, 0.25) is 0 Å². The molecule has 0 saturated carbocycles. The van der Waals surface area contributed by atoms with Crippen molar-refractivity contribution in [3.63, 3.8) is 0 Å². The molecule has 1 atom stereocenters. The highest BCUT2D eigenvalue weighted by Crippen LogP contribution is 2.33. The number of hydrogen-bond acceptors (Lipinski definition) is 6. The Morgan fingerprint density at radius 2 is 1.76 bits per heavy atom. The Bertz CT molecular complexity index is 1310. The molecule has 1 saturated heterocycles. The van der Waals surface area contributed by atoms with Crippen LogP contribution in [0.3, 0.4) is 0 Å². The number of rotatable bonds is 4. The van der Waals surface area contributed by atoms with Crippen molar-refractivity contribution in [2.75, 3.05) is 11.9 Å². The molecule has 3 heterocycles. The van der Waals surface area contributed by atoms with Gasteiger partial charge in [0.2, 0.25) is 5.91 Å². The fourth-order valence-corrected chi connectivity index (χ4v) is 4.71. The second-order valence-corrected chi connectivity index (χ2v) is 8.93. The number of nitrogens with one attached hydrogen (secondary N) is 2. The maximum absolute atomic E-state index is 13.3. The Labute approximate surface area is 196 Å². The highest BCUT2D eigenvalue weighted by Gasteiger charge is 2.52. The fraction of sp³-hybridized carbons (Fsp3) is 0.333. The Balaban J connectivity index is 1.33. The fourth-order valence-electron chi connectivity index (χ4n) is 4.71.